The molecule has 7 heteroatoms. The zero-order chi connectivity index (χ0) is 21.8. The summed E-state index contributed by atoms with van der Waals surface area (Å²) in [5.41, 5.74) is 0. The van der Waals surface area contributed by atoms with Crippen LogP contribution in [0.4, 0.5) is 0 Å². The smallest absolute Gasteiger partial charge is 0.210 e. The van der Waals surface area contributed by atoms with E-state index in [0.29, 0.717) is 17.2 Å². The largest absolute Gasteiger partial charge is 0.457 e. The minimum Gasteiger partial charge on any atom is -0.457 e. The summed E-state index contributed by atoms with van der Waals surface area (Å²) < 4.78 is 40.0. The van der Waals surface area contributed by atoms with Crippen molar-refractivity contribution in [2.24, 2.45) is 0 Å². The van der Waals surface area contributed by atoms with Crippen molar-refractivity contribution in [3.8, 4) is 23.0 Å². The lowest BCUT2D eigenvalue weighted by Crippen LogP contribution is -2.04. The third-order valence-corrected chi connectivity index (χ3v) is 7.12. The Labute approximate surface area is 197 Å². The Morgan fingerprint density at radius 2 is 1.16 bits per heavy atom. The Hall–Kier alpha value is -2.61. The van der Waals surface area contributed by atoms with Gasteiger partial charge in [0.25, 0.3) is 0 Å². The van der Waals surface area contributed by atoms with E-state index in [9.17, 15) is 8.42 Å². The van der Waals surface area contributed by atoms with Crippen molar-refractivity contribution in [2.45, 2.75) is 9.79 Å². The molecule has 0 N–H and O–H groups in total. The van der Waals surface area contributed by atoms with Gasteiger partial charge in [0.05, 0.1) is 4.90 Å². The van der Waals surface area contributed by atoms with Gasteiger partial charge in [-0.1, -0.05) is 56.1 Å². The van der Waals surface area contributed by atoms with Gasteiger partial charge in [-0.2, -0.15) is 0 Å². The fraction of sp³-hybridized carbons (Fsp3) is 0. The first-order chi connectivity index (χ1) is 14.9. The standard InChI is InChI=1S/C24H16Br2O4S/c25-17-5-3-7-20(15-17)29-19-11-13-22(14-12-19)31(27,28)24-10-2-1-9-23(24)30-21-8-4-6-18(26)16-21/h1-16H. The molecule has 0 radical (unpaired) electrons. The average molecular weight is 560 g/mol. The third-order valence-electron chi connectivity index (χ3n) is 4.33. The van der Waals surface area contributed by atoms with Crippen LogP contribution in [0.15, 0.2) is 116 Å². The summed E-state index contributed by atoms with van der Waals surface area (Å²) in [6.45, 7) is 0. The second-order valence-electron chi connectivity index (χ2n) is 6.54. The first kappa shape index (κ1) is 21.6. The summed E-state index contributed by atoms with van der Waals surface area (Å²) in [7, 11) is -3.80. The maximum atomic E-state index is 13.3. The van der Waals surface area contributed by atoms with Gasteiger partial charge in [0.15, 0.2) is 0 Å². The van der Waals surface area contributed by atoms with E-state index in [0.717, 1.165) is 8.95 Å². The first-order valence-electron chi connectivity index (χ1n) is 9.23. The van der Waals surface area contributed by atoms with E-state index in [1.165, 1.54) is 18.2 Å². The molecular weight excluding hydrogens is 544 g/mol. The molecule has 0 spiro atoms. The monoisotopic (exact) mass is 558 g/mol. The van der Waals surface area contributed by atoms with E-state index in [-0.39, 0.29) is 15.5 Å². The molecule has 0 heterocycles. The van der Waals surface area contributed by atoms with Gasteiger partial charge in [-0.15, -0.1) is 0 Å². The minimum atomic E-state index is -3.80. The lowest BCUT2D eigenvalue weighted by Gasteiger charge is -2.12. The molecule has 4 nitrogen and oxygen atoms in total. The summed E-state index contributed by atoms with van der Waals surface area (Å²) >= 11 is 6.79. The predicted octanol–water partition coefficient (Wildman–Crippen LogP) is 7.63. The highest BCUT2D eigenvalue weighted by atomic mass is 79.9. The highest BCUT2D eigenvalue weighted by Gasteiger charge is 2.22. The topological polar surface area (TPSA) is 52.6 Å². The Morgan fingerprint density at radius 1 is 0.581 bits per heavy atom. The molecule has 0 saturated carbocycles. The molecule has 4 aromatic rings. The lowest BCUT2D eigenvalue weighted by molar-refractivity contribution is 0.467. The number of halogens is 2. The number of hydrogen-bond acceptors (Lipinski definition) is 4. The normalized spacial score (nSPS) is 11.2. The molecule has 4 aromatic carbocycles. The molecular formula is C24H16Br2O4S. The number of para-hydroxylation sites is 1. The number of ether oxygens (including phenoxy) is 2. The van der Waals surface area contributed by atoms with Crippen LogP contribution in [0.2, 0.25) is 0 Å². The third kappa shape index (κ3) is 5.18. The second-order valence-corrected chi connectivity index (χ2v) is 10.3. The summed E-state index contributed by atoms with van der Waals surface area (Å²) in [5, 5.41) is 0. The van der Waals surface area contributed by atoms with Crippen LogP contribution in [-0.4, -0.2) is 8.42 Å². The van der Waals surface area contributed by atoms with Crippen LogP contribution in [0, 0.1) is 0 Å². The zero-order valence-electron chi connectivity index (χ0n) is 16.0. The Kier molecular flexibility index (Phi) is 6.46. The molecule has 0 saturated heterocycles. The van der Waals surface area contributed by atoms with Gasteiger partial charge >= 0.3 is 0 Å². The van der Waals surface area contributed by atoms with E-state index in [2.05, 4.69) is 31.9 Å². The van der Waals surface area contributed by atoms with Crippen molar-refractivity contribution in [2.75, 3.05) is 0 Å². The number of benzene rings is 4. The van der Waals surface area contributed by atoms with Gasteiger partial charge in [-0.25, -0.2) is 8.42 Å². The molecule has 4 rings (SSSR count). The SMILES string of the molecule is O=S(=O)(c1ccc(Oc2cccc(Br)c2)cc1)c1ccccc1Oc1cccc(Br)c1. The molecule has 0 atom stereocenters. The van der Waals surface area contributed by atoms with Gasteiger partial charge in [-0.05, 0) is 72.8 Å². The number of rotatable bonds is 6. The molecule has 31 heavy (non-hydrogen) atoms. The van der Waals surface area contributed by atoms with Crippen molar-refractivity contribution >= 4 is 41.7 Å². The second kappa shape index (κ2) is 9.26. The van der Waals surface area contributed by atoms with E-state index in [4.69, 9.17) is 9.47 Å². The van der Waals surface area contributed by atoms with Crippen molar-refractivity contribution in [1.82, 2.24) is 0 Å². The zero-order valence-corrected chi connectivity index (χ0v) is 20.0. The fourth-order valence-corrected chi connectivity index (χ4v) is 5.03. The van der Waals surface area contributed by atoms with Crippen LogP contribution in [0.5, 0.6) is 23.0 Å². The van der Waals surface area contributed by atoms with E-state index >= 15 is 0 Å². The van der Waals surface area contributed by atoms with E-state index in [1.807, 2.05) is 36.4 Å². The summed E-state index contributed by atoms with van der Waals surface area (Å²) in [5.74, 6) is 1.98. The number of sulfone groups is 1. The van der Waals surface area contributed by atoms with Crippen LogP contribution in [0.3, 0.4) is 0 Å². The molecule has 0 aliphatic heterocycles. The van der Waals surface area contributed by atoms with Crippen LogP contribution >= 0.6 is 31.9 Å². The van der Waals surface area contributed by atoms with Gasteiger partial charge in [0.1, 0.15) is 27.9 Å². The Bertz CT molecular complexity index is 1320. The van der Waals surface area contributed by atoms with Crippen LogP contribution in [0.25, 0.3) is 0 Å². The molecule has 0 aliphatic carbocycles. The highest BCUT2D eigenvalue weighted by Crippen LogP contribution is 2.34. The molecule has 0 unspecified atom stereocenters. The Morgan fingerprint density at radius 3 is 1.77 bits per heavy atom. The van der Waals surface area contributed by atoms with Crippen molar-refractivity contribution < 1.29 is 17.9 Å². The van der Waals surface area contributed by atoms with Gasteiger partial charge in [0, 0.05) is 8.95 Å². The van der Waals surface area contributed by atoms with Gasteiger partial charge < -0.3 is 9.47 Å². The first-order valence-corrected chi connectivity index (χ1v) is 12.3. The van der Waals surface area contributed by atoms with Crippen molar-refractivity contribution in [3.05, 3.63) is 106 Å². The average Bonchev–Trinajstić information content (AvgIpc) is 2.74. The Balaban J connectivity index is 1.61. The van der Waals surface area contributed by atoms with Crippen LogP contribution in [0.1, 0.15) is 0 Å². The van der Waals surface area contributed by atoms with Gasteiger partial charge in [-0.3, -0.25) is 0 Å². The molecule has 0 fully saturated rings. The maximum Gasteiger partial charge on any atom is 0.210 e. The highest BCUT2D eigenvalue weighted by molar-refractivity contribution is 9.10. The summed E-state index contributed by atoms with van der Waals surface area (Å²) in [6, 6.07) is 27.5. The summed E-state index contributed by atoms with van der Waals surface area (Å²) in [4.78, 5) is 0.245. The summed E-state index contributed by atoms with van der Waals surface area (Å²) in [6.07, 6.45) is 0. The molecule has 0 aliphatic rings. The molecule has 0 amide bonds. The van der Waals surface area contributed by atoms with Crippen molar-refractivity contribution in [1.29, 1.82) is 0 Å². The number of hydrogen-bond donors (Lipinski definition) is 0. The molecule has 156 valence electrons. The maximum absolute atomic E-state index is 13.3. The quantitative estimate of drug-likeness (QED) is 0.244. The molecule has 0 bridgehead atoms. The van der Waals surface area contributed by atoms with E-state index < -0.39 is 9.84 Å². The fourth-order valence-electron chi connectivity index (χ4n) is 2.89. The predicted molar refractivity (Wildman–Crippen MR) is 127 cm³/mol. The lowest BCUT2D eigenvalue weighted by atomic mass is 10.3. The molecule has 0 aromatic heterocycles. The van der Waals surface area contributed by atoms with Crippen LogP contribution < -0.4 is 9.47 Å². The van der Waals surface area contributed by atoms with Crippen molar-refractivity contribution in [3.63, 3.8) is 0 Å². The van der Waals surface area contributed by atoms with Gasteiger partial charge in [0.2, 0.25) is 9.84 Å². The minimum absolute atomic E-state index is 0.0932. The van der Waals surface area contributed by atoms with E-state index in [1.54, 1.807) is 42.5 Å². The van der Waals surface area contributed by atoms with Crippen LogP contribution in [-0.2, 0) is 9.84 Å².